The van der Waals surface area contributed by atoms with Crippen molar-refractivity contribution in [2.45, 2.75) is 18.2 Å². The van der Waals surface area contributed by atoms with E-state index in [0.29, 0.717) is 0 Å². The molecule has 0 unspecified atom stereocenters. The monoisotopic (exact) mass is 333 g/mol. The van der Waals surface area contributed by atoms with Gasteiger partial charge in [0.05, 0.1) is 4.21 Å². The van der Waals surface area contributed by atoms with Crippen molar-refractivity contribution in [1.82, 2.24) is 0 Å². The molecular weight excluding hydrogens is 322 g/mol. The SMILES string of the molecule is C[S@](=O)c1ccc(Sc2ccc(S(N)(=O)=O)s2)cc1. The van der Waals surface area contributed by atoms with Gasteiger partial charge in [0.1, 0.15) is 4.21 Å². The summed E-state index contributed by atoms with van der Waals surface area (Å²) in [4.78, 5) is 1.72. The van der Waals surface area contributed by atoms with E-state index in [9.17, 15) is 12.6 Å². The number of hydrogen-bond donors (Lipinski definition) is 1. The molecule has 8 heteroatoms. The van der Waals surface area contributed by atoms with E-state index in [4.69, 9.17) is 5.14 Å². The second-order valence-corrected chi connectivity index (χ2v) is 9.27. The van der Waals surface area contributed by atoms with Crippen molar-refractivity contribution in [3.05, 3.63) is 36.4 Å². The van der Waals surface area contributed by atoms with Crippen molar-refractivity contribution in [3.63, 3.8) is 0 Å². The van der Waals surface area contributed by atoms with Gasteiger partial charge in [-0.2, -0.15) is 0 Å². The standard InChI is InChI=1S/C11H11NO3S4/c1-18(13)9-4-2-8(3-5-9)16-10-6-7-11(17-10)19(12,14)15/h2-7H,1H3,(H2,12,14,15)/t18-/m0/s1. The molecule has 0 bridgehead atoms. The van der Waals surface area contributed by atoms with Gasteiger partial charge in [0.2, 0.25) is 10.0 Å². The van der Waals surface area contributed by atoms with E-state index < -0.39 is 20.8 Å². The third-order valence-corrected chi connectivity index (χ3v) is 6.81. The first kappa shape index (κ1) is 14.7. The van der Waals surface area contributed by atoms with Crippen molar-refractivity contribution < 1.29 is 12.6 Å². The minimum absolute atomic E-state index is 0.154. The molecule has 0 spiro atoms. The lowest BCUT2D eigenvalue weighted by Crippen LogP contribution is -2.09. The Morgan fingerprint density at radius 3 is 2.26 bits per heavy atom. The fourth-order valence-corrected chi connectivity index (χ4v) is 4.83. The fraction of sp³-hybridized carbons (Fsp3) is 0.0909. The first-order valence-corrected chi connectivity index (χ1v) is 9.84. The van der Waals surface area contributed by atoms with Crippen LogP contribution in [-0.4, -0.2) is 18.9 Å². The molecule has 0 aliphatic heterocycles. The van der Waals surface area contributed by atoms with Crippen LogP contribution in [0.15, 0.2) is 54.6 Å². The lowest BCUT2D eigenvalue weighted by molar-refractivity contribution is 0.600. The van der Waals surface area contributed by atoms with Crippen molar-refractivity contribution in [1.29, 1.82) is 0 Å². The summed E-state index contributed by atoms with van der Waals surface area (Å²) in [7, 11) is -4.62. The van der Waals surface area contributed by atoms with Gasteiger partial charge in [0.25, 0.3) is 0 Å². The van der Waals surface area contributed by atoms with Crippen LogP contribution >= 0.6 is 23.1 Å². The first-order chi connectivity index (χ1) is 8.86. The Morgan fingerprint density at radius 2 is 1.79 bits per heavy atom. The summed E-state index contributed by atoms with van der Waals surface area (Å²) < 4.78 is 34.6. The molecule has 0 saturated carbocycles. The Kier molecular flexibility index (Phi) is 4.46. The van der Waals surface area contributed by atoms with Crippen molar-refractivity contribution in [2.24, 2.45) is 5.14 Å². The summed E-state index contributed by atoms with van der Waals surface area (Å²) in [5.41, 5.74) is 0. The number of rotatable bonds is 4. The van der Waals surface area contributed by atoms with E-state index in [1.165, 1.54) is 17.8 Å². The van der Waals surface area contributed by atoms with Crippen LogP contribution in [0.4, 0.5) is 0 Å². The average molecular weight is 333 g/mol. The number of hydrogen-bond acceptors (Lipinski definition) is 5. The Hall–Kier alpha value is -0.670. The molecule has 4 nitrogen and oxygen atoms in total. The second-order valence-electron chi connectivity index (χ2n) is 3.65. The zero-order chi connectivity index (χ0) is 14.0. The van der Waals surface area contributed by atoms with Crippen LogP contribution in [0.3, 0.4) is 0 Å². The number of thiophene rings is 1. The highest BCUT2D eigenvalue weighted by atomic mass is 32.3. The van der Waals surface area contributed by atoms with Crippen LogP contribution in [0, 0.1) is 0 Å². The molecular formula is C11H11NO3S4. The quantitative estimate of drug-likeness (QED) is 0.931. The Morgan fingerprint density at radius 1 is 1.16 bits per heavy atom. The van der Waals surface area contributed by atoms with Gasteiger partial charge in [-0.05, 0) is 36.4 Å². The van der Waals surface area contributed by atoms with Crippen LogP contribution < -0.4 is 5.14 Å². The predicted octanol–water partition coefficient (Wildman–Crippen LogP) is 2.28. The van der Waals surface area contributed by atoms with Crippen molar-refractivity contribution in [2.75, 3.05) is 6.26 Å². The van der Waals surface area contributed by atoms with E-state index in [0.717, 1.165) is 25.3 Å². The van der Waals surface area contributed by atoms with E-state index in [1.807, 2.05) is 12.1 Å². The minimum Gasteiger partial charge on any atom is -0.255 e. The maximum Gasteiger partial charge on any atom is 0.247 e. The molecule has 2 aromatic rings. The van der Waals surface area contributed by atoms with Gasteiger partial charge < -0.3 is 0 Å². The Balaban J connectivity index is 2.17. The molecule has 102 valence electrons. The maximum absolute atomic E-state index is 11.3. The predicted molar refractivity (Wildman–Crippen MR) is 78.6 cm³/mol. The number of sulfonamides is 1. The molecule has 0 saturated heterocycles. The number of primary sulfonamides is 1. The molecule has 1 atom stereocenters. The Labute approximate surface area is 122 Å². The summed E-state index contributed by atoms with van der Waals surface area (Å²) in [6.45, 7) is 0. The second kappa shape index (κ2) is 5.76. The molecule has 0 fully saturated rings. The fourth-order valence-electron chi connectivity index (χ4n) is 1.33. The molecule has 1 heterocycles. The molecule has 19 heavy (non-hydrogen) atoms. The number of benzene rings is 1. The van der Waals surface area contributed by atoms with E-state index in [1.54, 1.807) is 24.5 Å². The smallest absolute Gasteiger partial charge is 0.247 e. The van der Waals surface area contributed by atoms with Crippen LogP contribution in [0.1, 0.15) is 0 Å². The van der Waals surface area contributed by atoms with Gasteiger partial charge in [-0.1, -0.05) is 11.8 Å². The molecule has 0 aliphatic rings. The summed E-state index contributed by atoms with van der Waals surface area (Å²) in [6.07, 6.45) is 1.62. The molecule has 0 amide bonds. The van der Waals surface area contributed by atoms with Gasteiger partial charge in [0, 0.05) is 26.8 Å². The highest BCUT2D eigenvalue weighted by Gasteiger charge is 2.11. The maximum atomic E-state index is 11.3. The number of nitrogens with two attached hydrogens (primary N) is 1. The molecule has 0 radical (unpaired) electrons. The summed E-state index contributed by atoms with van der Waals surface area (Å²) in [6, 6.07) is 10.5. The van der Waals surface area contributed by atoms with Crippen LogP contribution in [0.5, 0.6) is 0 Å². The van der Waals surface area contributed by atoms with E-state index in [2.05, 4.69) is 0 Å². The highest BCUT2D eigenvalue weighted by Crippen LogP contribution is 2.34. The zero-order valence-electron chi connectivity index (χ0n) is 9.90. The van der Waals surface area contributed by atoms with E-state index in [-0.39, 0.29) is 4.21 Å². The zero-order valence-corrected chi connectivity index (χ0v) is 13.2. The summed E-state index contributed by atoms with van der Waals surface area (Å²) in [5, 5.41) is 5.06. The van der Waals surface area contributed by atoms with Gasteiger partial charge >= 0.3 is 0 Å². The Bertz CT molecular complexity index is 704. The van der Waals surface area contributed by atoms with Gasteiger partial charge in [-0.25, -0.2) is 13.6 Å². The molecule has 1 aromatic heterocycles. The summed E-state index contributed by atoms with van der Waals surface area (Å²) >= 11 is 2.58. The van der Waals surface area contributed by atoms with Crippen LogP contribution in [0.25, 0.3) is 0 Å². The van der Waals surface area contributed by atoms with Gasteiger partial charge in [0.15, 0.2) is 0 Å². The lowest BCUT2D eigenvalue weighted by Gasteiger charge is -2.00. The molecule has 2 rings (SSSR count). The van der Waals surface area contributed by atoms with Crippen molar-refractivity contribution in [3.8, 4) is 0 Å². The third-order valence-electron chi connectivity index (χ3n) is 2.21. The largest absolute Gasteiger partial charge is 0.255 e. The minimum atomic E-state index is -3.63. The third kappa shape index (κ3) is 3.90. The highest BCUT2D eigenvalue weighted by molar-refractivity contribution is 8.01. The molecule has 0 aliphatic carbocycles. The van der Waals surface area contributed by atoms with Crippen LogP contribution in [0.2, 0.25) is 0 Å². The summed E-state index contributed by atoms with van der Waals surface area (Å²) in [5.74, 6) is 0. The normalized spacial score (nSPS) is 13.4. The topological polar surface area (TPSA) is 77.2 Å². The van der Waals surface area contributed by atoms with Crippen molar-refractivity contribution >= 4 is 43.9 Å². The van der Waals surface area contributed by atoms with Crippen LogP contribution in [-0.2, 0) is 20.8 Å². The van der Waals surface area contributed by atoms with Gasteiger partial charge in [-0.3, -0.25) is 4.21 Å². The average Bonchev–Trinajstić information content (AvgIpc) is 2.78. The molecule has 1 aromatic carbocycles. The lowest BCUT2D eigenvalue weighted by atomic mass is 10.4. The van der Waals surface area contributed by atoms with Gasteiger partial charge in [-0.15, -0.1) is 11.3 Å². The van der Waals surface area contributed by atoms with E-state index >= 15 is 0 Å². The molecule has 2 N–H and O–H groups in total. The first-order valence-electron chi connectivity index (χ1n) is 5.10.